The van der Waals surface area contributed by atoms with E-state index in [0.29, 0.717) is 11.4 Å². The normalized spacial score (nSPS) is 11.3. The number of ether oxygens (including phenoxy) is 1. The minimum absolute atomic E-state index is 0.342. The van der Waals surface area contributed by atoms with Gasteiger partial charge in [0.05, 0.1) is 18.5 Å². The van der Waals surface area contributed by atoms with Gasteiger partial charge in [-0.3, -0.25) is 9.89 Å². The second kappa shape index (κ2) is 7.86. The number of hydrazone groups is 1. The summed E-state index contributed by atoms with van der Waals surface area (Å²) in [5.41, 5.74) is 8.59. The number of hydrogen-bond acceptors (Lipinski definition) is 4. The molecule has 138 valence electrons. The van der Waals surface area contributed by atoms with Crippen LogP contribution in [0.1, 0.15) is 34.1 Å². The number of carbonyl (C=O) groups excluding carboxylic acids is 1. The van der Waals surface area contributed by atoms with Crippen molar-refractivity contribution < 1.29 is 9.53 Å². The van der Waals surface area contributed by atoms with Crippen molar-refractivity contribution in [3.63, 3.8) is 0 Å². The maximum atomic E-state index is 12.3. The van der Waals surface area contributed by atoms with Crippen molar-refractivity contribution in [3.8, 4) is 17.0 Å². The third-order valence-corrected chi connectivity index (χ3v) is 4.46. The van der Waals surface area contributed by atoms with Gasteiger partial charge in [0.1, 0.15) is 11.4 Å². The second-order valence-corrected chi connectivity index (χ2v) is 6.33. The molecule has 0 aliphatic rings. The molecule has 0 unspecified atom stereocenters. The molecule has 27 heavy (non-hydrogen) atoms. The first-order valence-corrected chi connectivity index (χ1v) is 8.60. The van der Waals surface area contributed by atoms with Crippen molar-refractivity contribution in [1.82, 2.24) is 15.6 Å². The van der Waals surface area contributed by atoms with Gasteiger partial charge in [0.25, 0.3) is 5.91 Å². The topological polar surface area (TPSA) is 79.4 Å². The highest BCUT2D eigenvalue weighted by molar-refractivity contribution is 6.00. The number of carbonyl (C=O) groups is 1. The zero-order valence-corrected chi connectivity index (χ0v) is 15.8. The predicted molar refractivity (Wildman–Crippen MR) is 106 cm³/mol. The smallest absolute Gasteiger partial charge is 0.289 e. The SMILES string of the molecule is COc1ccc(/C(C)=N\NC(=O)c2cc(-c3ccc(C)c(C)c3)n[nH]2)cc1. The van der Waals surface area contributed by atoms with Crippen LogP contribution in [0.3, 0.4) is 0 Å². The molecular weight excluding hydrogens is 340 g/mol. The number of amides is 1. The summed E-state index contributed by atoms with van der Waals surface area (Å²) in [5, 5.41) is 11.2. The van der Waals surface area contributed by atoms with Crippen LogP contribution < -0.4 is 10.2 Å². The van der Waals surface area contributed by atoms with Gasteiger partial charge in [0.15, 0.2) is 0 Å². The minimum Gasteiger partial charge on any atom is -0.497 e. The molecule has 6 heteroatoms. The largest absolute Gasteiger partial charge is 0.497 e. The van der Waals surface area contributed by atoms with Crippen LogP contribution in [0.15, 0.2) is 53.6 Å². The van der Waals surface area contributed by atoms with E-state index >= 15 is 0 Å². The molecule has 1 amide bonds. The number of aromatic nitrogens is 2. The van der Waals surface area contributed by atoms with Gasteiger partial charge in [-0.2, -0.15) is 10.2 Å². The highest BCUT2D eigenvalue weighted by atomic mass is 16.5. The highest BCUT2D eigenvalue weighted by Crippen LogP contribution is 2.21. The third-order valence-electron chi connectivity index (χ3n) is 4.46. The fourth-order valence-electron chi connectivity index (χ4n) is 2.58. The molecule has 0 saturated carbocycles. The zero-order chi connectivity index (χ0) is 19.4. The number of benzene rings is 2. The Labute approximate surface area is 158 Å². The molecule has 0 aliphatic heterocycles. The standard InChI is InChI=1S/C21H22N4O2/c1-13-5-6-17(11-14(13)2)19-12-20(24-23-19)21(26)25-22-15(3)16-7-9-18(27-4)10-8-16/h5-12H,1-4H3,(H,23,24)(H,25,26)/b22-15-. The molecule has 2 N–H and O–H groups in total. The molecule has 6 nitrogen and oxygen atoms in total. The number of aryl methyl sites for hydroxylation is 2. The Morgan fingerprint density at radius 2 is 1.81 bits per heavy atom. The van der Waals surface area contributed by atoms with E-state index in [2.05, 4.69) is 40.6 Å². The maximum Gasteiger partial charge on any atom is 0.289 e. The van der Waals surface area contributed by atoms with E-state index in [9.17, 15) is 4.79 Å². The van der Waals surface area contributed by atoms with Gasteiger partial charge >= 0.3 is 0 Å². The zero-order valence-electron chi connectivity index (χ0n) is 15.8. The predicted octanol–water partition coefficient (Wildman–Crippen LogP) is 3.86. The van der Waals surface area contributed by atoms with E-state index in [1.807, 2.05) is 43.3 Å². The summed E-state index contributed by atoms with van der Waals surface area (Å²) in [4.78, 5) is 12.3. The van der Waals surface area contributed by atoms with Crippen LogP contribution in [0.25, 0.3) is 11.3 Å². The lowest BCUT2D eigenvalue weighted by molar-refractivity contribution is 0.0950. The number of hydrogen-bond donors (Lipinski definition) is 2. The third kappa shape index (κ3) is 4.23. The number of nitrogens with one attached hydrogen (secondary N) is 2. The molecule has 3 aromatic rings. The summed E-state index contributed by atoms with van der Waals surface area (Å²) < 4.78 is 5.14. The molecule has 0 atom stereocenters. The summed E-state index contributed by atoms with van der Waals surface area (Å²) in [7, 11) is 1.62. The van der Waals surface area contributed by atoms with Crippen molar-refractivity contribution >= 4 is 11.6 Å². The highest BCUT2D eigenvalue weighted by Gasteiger charge is 2.11. The molecular formula is C21H22N4O2. The average Bonchev–Trinajstić information content (AvgIpc) is 3.18. The first kappa shape index (κ1) is 18.4. The molecule has 0 radical (unpaired) electrons. The van der Waals surface area contributed by atoms with Crippen molar-refractivity contribution in [1.29, 1.82) is 0 Å². The Kier molecular flexibility index (Phi) is 5.35. The average molecular weight is 362 g/mol. The van der Waals surface area contributed by atoms with E-state index in [-0.39, 0.29) is 5.91 Å². The second-order valence-electron chi connectivity index (χ2n) is 6.33. The van der Waals surface area contributed by atoms with Gasteiger partial charge in [0, 0.05) is 5.56 Å². The Balaban J connectivity index is 1.70. The van der Waals surface area contributed by atoms with Crippen LogP contribution in [0.2, 0.25) is 0 Å². The van der Waals surface area contributed by atoms with E-state index in [1.54, 1.807) is 13.2 Å². The van der Waals surface area contributed by atoms with Gasteiger partial charge in [0.2, 0.25) is 0 Å². The minimum atomic E-state index is -0.342. The number of H-pyrrole nitrogens is 1. The number of nitrogens with zero attached hydrogens (tertiary/aromatic N) is 2. The molecule has 1 aromatic heterocycles. The van der Waals surface area contributed by atoms with Crippen molar-refractivity contribution in [3.05, 3.63) is 70.9 Å². The Morgan fingerprint density at radius 3 is 2.48 bits per heavy atom. The van der Waals surface area contributed by atoms with Crippen LogP contribution in [0.4, 0.5) is 0 Å². The number of methoxy groups -OCH3 is 1. The van der Waals surface area contributed by atoms with Gasteiger partial charge in [-0.15, -0.1) is 0 Å². The maximum absolute atomic E-state index is 12.3. The Bertz CT molecular complexity index is 988. The van der Waals surface area contributed by atoms with Crippen LogP contribution in [0, 0.1) is 13.8 Å². The van der Waals surface area contributed by atoms with E-state index in [1.165, 1.54) is 11.1 Å². The molecule has 0 aliphatic carbocycles. The summed E-state index contributed by atoms with van der Waals surface area (Å²) in [6.45, 7) is 5.94. The van der Waals surface area contributed by atoms with Gasteiger partial charge in [-0.25, -0.2) is 5.43 Å². The molecule has 2 aromatic carbocycles. The molecule has 0 fully saturated rings. The van der Waals surface area contributed by atoms with Gasteiger partial charge in [-0.1, -0.05) is 12.1 Å². The van der Waals surface area contributed by atoms with E-state index in [0.717, 1.165) is 22.6 Å². The summed E-state index contributed by atoms with van der Waals surface area (Å²) >= 11 is 0. The Morgan fingerprint density at radius 1 is 1.07 bits per heavy atom. The van der Waals surface area contributed by atoms with Crippen molar-refractivity contribution in [2.24, 2.45) is 5.10 Å². The number of aromatic amines is 1. The lowest BCUT2D eigenvalue weighted by Gasteiger charge is -2.03. The van der Waals surface area contributed by atoms with Gasteiger partial charge < -0.3 is 4.74 Å². The van der Waals surface area contributed by atoms with Crippen LogP contribution in [-0.2, 0) is 0 Å². The lowest BCUT2D eigenvalue weighted by atomic mass is 10.0. The molecule has 0 bridgehead atoms. The van der Waals surface area contributed by atoms with Crippen molar-refractivity contribution in [2.75, 3.05) is 7.11 Å². The van der Waals surface area contributed by atoms with E-state index < -0.39 is 0 Å². The monoisotopic (exact) mass is 362 g/mol. The number of rotatable bonds is 5. The van der Waals surface area contributed by atoms with Crippen molar-refractivity contribution in [2.45, 2.75) is 20.8 Å². The molecule has 0 saturated heterocycles. The van der Waals surface area contributed by atoms with Gasteiger partial charge in [-0.05, 0) is 73.9 Å². The van der Waals surface area contributed by atoms with Crippen LogP contribution in [-0.4, -0.2) is 28.9 Å². The lowest BCUT2D eigenvalue weighted by Crippen LogP contribution is -2.19. The fraction of sp³-hybridized carbons (Fsp3) is 0.190. The summed E-state index contributed by atoms with van der Waals surface area (Å²) in [6.07, 6.45) is 0. The molecule has 0 spiro atoms. The molecule has 3 rings (SSSR count). The molecule has 1 heterocycles. The van der Waals surface area contributed by atoms with Crippen LogP contribution in [0.5, 0.6) is 5.75 Å². The fourth-order valence-corrected chi connectivity index (χ4v) is 2.58. The quantitative estimate of drug-likeness (QED) is 0.534. The Hall–Kier alpha value is -3.41. The first-order chi connectivity index (χ1) is 13.0. The van der Waals surface area contributed by atoms with E-state index in [4.69, 9.17) is 4.74 Å². The summed E-state index contributed by atoms with van der Waals surface area (Å²) in [6, 6.07) is 15.3. The first-order valence-electron chi connectivity index (χ1n) is 8.60. The van der Waals surface area contributed by atoms with Crippen LogP contribution >= 0.6 is 0 Å². The summed E-state index contributed by atoms with van der Waals surface area (Å²) in [5.74, 6) is 0.428.